The zero-order valence-corrected chi connectivity index (χ0v) is 8.95. The maximum absolute atomic E-state index is 11.5. The first kappa shape index (κ1) is 12.8. The van der Waals surface area contributed by atoms with Gasteiger partial charge in [0.05, 0.1) is 12.6 Å². The molecule has 1 atom stereocenters. The molecule has 0 spiro atoms. The van der Waals surface area contributed by atoms with Crippen LogP contribution in [0.5, 0.6) is 0 Å². The number of urea groups is 1. The largest absolute Gasteiger partial charge is 0.392 e. The number of carbonyl (C=O) groups excluding carboxylic acids is 1. The van der Waals surface area contributed by atoms with Crippen LogP contribution in [0.1, 0.15) is 20.8 Å². The quantitative estimate of drug-likeness (QED) is 0.643. The first-order valence-electron chi connectivity index (χ1n) is 4.65. The van der Waals surface area contributed by atoms with E-state index >= 15 is 0 Å². The molecule has 0 aromatic rings. The molecule has 0 bridgehead atoms. The Labute approximate surface area is 85.3 Å². The minimum atomic E-state index is -0.533. The van der Waals surface area contributed by atoms with E-state index in [2.05, 4.69) is 11.2 Å². The van der Waals surface area contributed by atoms with Crippen molar-refractivity contribution >= 4 is 6.03 Å². The smallest absolute Gasteiger partial charge is 0.318 e. The number of rotatable bonds is 4. The standard InChI is InChI=1S/C10H18N2O2/c1-5-6-11-10(14)12(8(2)3)7-9(4)13/h1,8-9,13H,6-7H2,2-4H3,(H,11,14)/t9-/m1/s1. The molecule has 0 aromatic carbocycles. The summed E-state index contributed by atoms with van der Waals surface area (Å²) in [5.74, 6) is 2.32. The van der Waals surface area contributed by atoms with E-state index in [1.807, 2.05) is 13.8 Å². The SMILES string of the molecule is C#CCNC(=O)N(C[C@@H](C)O)C(C)C. The Bertz CT molecular complexity index is 219. The van der Waals surface area contributed by atoms with Gasteiger partial charge < -0.3 is 15.3 Å². The van der Waals surface area contributed by atoms with E-state index in [0.717, 1.165) is 0 Å². The van der Waals surface area contributed by atoms with Crippen LogP contribution >= 0.6 is 0 Å². The number of nitrogens with zero attached hydrogens (tertiary/aromatic N) is 1. The molecule has 4 heteroatoms. The average molecular weight is 198 g/mol. The van der Waals surface area contributed by atoms with Crippen LogP contribution in [-0.2, 0) is 0 Å². The maximum Gasteiger partial charge on any atom is 0.318 e. The van der Waals surface area contributed by atoms with Crippen molar-refractivity contribution in [3.05, 3.63) is 0 Å². The van der Waals surface area contributed by atoms with Crippen molar-refractivity contribution in [1.29, 1.82) is 0 Å². The van der Waals surface area contributed by atoms with Crippen molar-refractivity contribution in [3.8, 4) is 12.3 Å². The fourth-order valence-corrected chi connectivity index (χ4v) is 1.04. The van der Waals surface area contributed by atoms with Gasteiger partial charge in [0.25, 0.3) is 0 Å². The number of aliphatic hydroxyl groups excluding tert-OH is 1. The van der Waals surface area contributed by atoms with Crippen molar-refractivity contribution < 1.29 is 9.90 Å². The van der Waals surface area contributed by atoms with Crippen LogP contribution in [0.2, 0.25) is 0 Å². The number of terminal acetylenes is 1. The molecule has 2 amide bonds. The summed E-state index contributed by atoms with van der Waals surface area (Å²) >= 11 is 0. The second kappa shape index (κ2) is 6.28. The van der Waals surface area contributed by atoms with Crippen molar-refractivity contribution in [1.82, 2.24) is 10.2 Å². The highest BCUT2D eigenvalue weighted by Gasteiger charge is 2.17. The van der Waals surface area contributed by atoms with E-state index in [0.29, 0.717) is 6.54 Å². The van der Waals surface area contributed by atoms with E-state index in [1.54, 1.807) is 11.8 Å². The molecule has 0 rings (SSSR count). The highest BCUT2D eigenvalue weighted by molar-refractivity contribution is 5.74. The Balaban J connectivity index is 4.20. The van der Waals surface area contributed by atoms with E-state index in [9.17, 15) is 9.90 Å². The topological polar surface area (TPSA) is 52.6 Å². The lowest BCUT2D eigenvalue weighted by molar-refractivity contribution is 0.119. The summed E-state index contributed by atoms with van der Waals surface area (Å²) < 4.78 is 0. The second-order valence-corrected chi connectivity index (χ2v) is 3.46. The van der Waals surface area contributed by atoms with Gasteiger partial charge in [-0.05, 0) is 20.8 Å². The molecule has 0 aromatic heterocycles. The van der Waals surface area contributed by atoms with Crippen LogP contribution in [0.4, 0.5) is 4.79 Å². The number of nitrogens with one attached hydrogen (secondary N) is 1. The second-order valence-electron chi connectivity index (χ2n) is 3.46. The average Bonchev–Trinajstić information content (AvgIpc) is 2.09. The maximum atomic E-state index is 11.5. The highest BCUT2D eigenvalue weighted by Crippen LogP contribution is 2.00. The summed E-state index contributed by atoms with van der Waals surface area (Å²) in [4.78, 5) is 13.0. The highest BCUT2D eigenvalue weighted by atomic mass is 16.3. The molecular weight excluding hydrogens is 180 g/mol. The third kappa shape index (κ3) is 4.73. The number of carbonyl (C=O) groups is 1. The Hall–Kier alpha value is -1.21. The first-order valence-corrected chi connectivity index (χ1v) is 4.65. The lowest BCUT2D eigenvalue weighted by Gasteiger charge is -2.27. The van der Waals surface area contributed by atoms with Crippen molar-refractivity contribution in [2.75, 3.05) is 13.1 Å². The summed E-state index contributed by atoms with van der Waals surface area (Å²) in [5.41, 5.74) is 0. The van der Waals surface area contributed by atoms with Gasteiger partial charge in [-0.3, -0.25) is 0 Å². The summed E-state index contributed by atoms with van der Waals surface area (Å²) in [7, 11) is 0. The van der Waals surface area contributed by atoms with Gasteiger partial charge in [-0.2, -0.15) is 0 Å². The zero-order valence-electron chi connectivity index (χ0n) is 8.95. The monoisotopic (exact) mass is 198 g/mol. The molecule has 0 aliphatic carbocycles. The molecular formula is C10H18N2O2. The molecule has 0 fully saturated rings. The summed E-state index contributed by atoms with van der Waals surface area (Å²) in [6, 6.07) is -0.193. The van der Waals surface area contributed by atoms with Gasteiger partial charge in [0.15, 0.2) is 0 Å². The van der Waals surface area contributed by atoms with Crippen LogP contribution in [0.15, 0.2) is 0 Å². The van der Waals surface area contributed by atoms with Gasteiger partial charge in [-0.15, -0.1) is 6.42 Å². The van der Waals surface area contributed by atoms with Crippen LogP contribution in [0.3, 0.4) is 0 Å². The Kier molecular flexibility index (Phi) is 5.73. The van der Waals surface area contributed by atoms with E-state index in [1.165, 1.54) is 0 Å². The molecule has 0 aliphatic heterocycles. The third-order valence-electron chi connectivity index (χ3n) is 1.69. The molecule has 0 heterocycles. The van der Waals surface area contributed by atoms with Crippen molar-refractivity contribution in [2.24, 2.45) is 0 Å². The lowest BCUT2D eigenvalue weighted by Crippen LogP contribution is -2.47. The molecule has 2 N–H and O–H groups in total. The minimum absolute atomic E-state index is 0.0439. The molecule has 0 saturated carbocycles. The molecule has 4 nitrogen and oxygen atoms in total. The van der Waals surface area contributed by atoms with Crippen LogP contribution < -0.4 is 5.32 Å². The number of hydrogen-bond donors (Lipinski definition) is 2. The Morgan fingerprint density at radius 2 is 2.14 bits per heavy atom. The Morgan fingerprint density at radius 1 is 1.57 bits per heavy atom. The van der Waals surface area contributed by atoms with Gasteiger partial charge in [0.2, 0.25) is 0 Å². The minimum Gasteiger partial charge on any atom is -0.392 e. The van der Waals surface area contributed by atoms with Crippen LogP contribution in [0, 0.1) is 12.3 Å². The summed E-state index contributed by atoms with van der Waals surface area (Å²) in [6.07, 6.45) is 4.49. The normalized spacial score (nSPS) is 12.0. The van der Waals surface area contributed by atoms with Crippen molar-refractivity contribution in [2.45, 2.75) is 32.9 Å². The predicted molar refractivity (Wildman–Crippen MR) is 55.8 cm³/mol. The molecule has 0 saturated heterocycles. The zero-order chi connectivity index (χ0) is 11.1. The number of aliphatic hydroxyl groups is 1. The summed E-state index contributed by atoms with van der Waals surface area (Å²) in [6.45, 7) is 5.94. The van der Waals surface area contributed by atoms with Crippen LogP contribution in [-0.4, -0.2) is 41.3 Å². The number of hydrogen-bond acceptors (Lipinski definition) is 2. The van der Waals surface area contributed by atoms with Gasteiger partial charge in [0, 0.05) is 12.6 Å². The molecule has 80 valence electrons. The fraction of sp³-hybridized carbons (Fsp3) is 0.700. The molecule has 0 unspecified atom stereocenters. The van der Waals surface area contributed by atoms with E-state index in [-0.39, 0.29) is 18.6 Å². The third-order valence-corrected chi connectivity index (χ3v) is 1.69. The van der Waals surface area contributed by atoms with E-state index in [4.69, 9.17) is 6.42 Å². The van der Waals surface area contributed by atoms with Gasteiger partial charge in [0.1, 0.15) is 0 Å². The predicted octanol–water partition coefficient (Wildman–Crippen LogP) is 0.420. The molecule has 0 radical (unpaired) electrons. The van der Waals surface area contributed by atoms with Gasteiger partial charge >= 0.3 is 6.03 Å². The fourth-order valence-electron chi connectivity index (χ4n) is 1.04. The molecule has 14 heavy (non-hydrogen) atoms. The van der Waals surface area contributed by atoms with E-state index < -0.39 is 6.10 Å². The van der Waals surface area contributed by atoms with Crippen LogP contribution in [0.25, 0.3) is 0 Å². The first-order chi connectivity index (χ1) is 6.49. The number of amides is 2. The molecule has 0 aliphatic rings. The van der Waals surface area contributed by atoms with Gasteiger partial charge in [-0.25, -0.2) is 4.79 Å². The summed E-state index contributed by atoms with van der Waals surface area (Å²) in [5, 5.41) is 11.7. The Morgan fingerprint density at radius 3 is 2.50 bits per heavy atom. The van der Waals surface area contributed by atoms with Crippen molar-refractivity contribution in [3.63, 3.8) is 0 Å². The lowest BCUT2D eigenvalue weighted by atomic mass is 10.3. The van der Waals surface area contributed by atoms with Gasteiger partial charge in [-0.1, -0.05) is 5.92 Å².